The van der Waals surface area contributed by atoms with Gasteiger partial charge in [0.15, 0.2) is 11.6 Å². The molecule has 1 aliphatic rings. The molecule has 0 aliphatic heterocycles. The third-order valence-electron chi connectivity index (χ3n) is 5.31. The lowest BCUT2D eigenvalue weighted by Gasteiger charge is -2.19. The number of hydrogen-bond donors (Lipinski definition) is 0. The molecule has 0 N–H and O–H groups in total. The van der Waals surface area contributed by atoms with Crippen molar-refractivity contribution in [2.75, 3.05) is 6.26 Å². The number of benzene rings is 2. The summed E-state index contributed by atoms with van der Waals surface area (Å²) in [4.78, 5) is 24.7. The van der Waals surface area contributed by atoms with Gasteiger partial charge in [-0.05, 0) is 68.7 Å². The monoisotopic (exact) mass is 488 g/mol. The molecule has 1 aliphatic carbocycles. The molecule has 2 aromatic rings. The van der Waals surface area contributed by atoms with Gasteiger partial charge in [0.25, 0.3) is 0 Å². The van der Waals surface area contributed by atoms with E-state index >= 15 is 0 Å². The summed E-state index contributed by atoms with van der Waals surface area (Å²) in [6.07, 6.45) is 3.32. The molecular formula is C26H26F2O5S. The number of rotatable bonds is 5. The molecule has 5 nitrogen and oxygen atoms in total. The van der Waals surface area contributed by atoms with E-state index in [9.17, 15) is 22.6 Å². The molecule has 2 aromatic carbocycles. The topological polar surface area (TPSA) is 69.7 Å². The lowest BCUT2D eigenvalue weighted by atomic mass is 9.96. The van der Waals surface area contributed by atoms with Crippen LogP contribution < -0.4 is 0 Å². The molecule has 3 rings (SSSR count). The highest BCUT2D eigenvalue weighted by atomic mass is 32.2. The Kier molecular flexibility index (Phi) is 7.21. The minimum atomic E-state index is -1.17. The van der Waals surface area contributed by atoms with Crippen LogP contribution in [0.4, 0.5) is 8.78 Å². The number of ether oxygens (including phenoxy) is 2. The summed E-state index contributed by atoms with van der Waals surface area (Å²) >= 11 is 0. The van der Waals surface area contributed by atoms with Crippen LogP contribution in [0.15, 0.2) is 40.8 Å². The van der Waals surface area contributed by atoms with E-state index in [0.29, 0.717) is 21.6 Å². The Morgan fingerprint density at radius 1 is 1.12 bits per heavy atom. The maximum absolute atomic E-state index is 14.9. The van der Waals surface area contributed by atoms with E-state index in [1.165, 1.54) is 6.92 Å². The molecule has 34 heavy (non-hydrogen) atoms. The van der Waals surface area contributed by atoms with Crippen molar-refractivity contribution in [2.45, 2.75) is 46.1 Å². The summed E-state index contributed by atoms with van der Waals surface area (Å²) < 4.78 is 51.9. The first-order valence-corrected chi connectivity index (χ1v) is 12.1. The standard InChI is InChI=1S/C26H26F2O5S/c1-14-18(11-16-7-9-17(10-8-16)34(6)31)19-12-21(27)23(28)20(13-32-25(30)26(3,4)5)22(19)24(14)33-15(2)29/h7-12H,13H2,1-6H3. The highest BCUT2D eigenvalue weighted by Crippen LogP contribution is 2.46. The fraction of sp³-hybridized carbons (Fsp3) is 0.308. The first kappa shape index (κ1) is 25.5. The number of hydrogen-bond acceptors (Lipinski definition) is 5. The smallest absolute Gasteiger partial charge is 0.311 e. The molecule has 0 saturated carbocycles. The SMILES string of the molecule is CC(=O)OC1=C(C)C(=Cc2ccc(S(C)=O)cc2)c2cc(F)c(F)c(COC(=O)C(C)(C)C)c21. The summed E-state index contributed by atoms with van der Waals surface area (Å²) in [5, 5.41) is 0. The third-order valence-corrected chi connectivity index (χ3v) is 6.24. The highest BCUT2D eigenvalue weighted by Gasteiger charge is 2.33. The molecule has 0 spiro atoms. The molecule has 1 atom stereocenters. The largest absolute Gasteiger partial charge is 0.460 e. The first-order chi connectivity index (χ1) is 15.8. The van der Waals surface area contributed by atoms with Crippen LogP contribution in [0.1, 0.15) is 56.9 Å². The minimum absolute atomic E-state index is 0.0840. The molecule has 0 radical (unpaired) electrons. The van der Waals surface area contributed by atoms with Gasteiger partial charge in [0.05, 0.1) is 5.41 Å². The van der Waals surface area contributed by atoms with Crippen LogP contribution in [0, 0.1) is 17.0 Å². The Morgan fingerprint density at radius 3 is 2.26 bits per heavy atom. The van der Waals surface area contributed by atoms with E-state index in [0.717, 1.165) is 11.6 Å². The second-order valence-corrected chi connectivity index (χ2v) is 10.4. The van der Waals surface area contributed by atoms with Gasteiger partial charge in [0.1, 0.15) is 12.4 Å². The number of carbonyl (C=O) groups is 2. The van der Waals surface area contributed by atoms with E-state index in [4.69, 9.17) is 9.47 Å². The summed E-state index contributed by atoms with van der Waals surface area (Å²) in [5.74, 6) is -3.41. The second-order valence-electron chi connectivity index (χ2n) is 9.03. The van der Waals surface area contributed by atoms with Crippen LogP contribution in [0.3, 0.4) is 0 Å². The van der Waals surface area contributed by atoms with Crippen molar-refractivity contribution in [3.63, 3.8) is 0 Å². The summed E-state index contributed by atoms with van der Waals surface area (Å²) in [6, 6.07) is 7.99. The van der Waals surface area contributed by atoms with Crippen LogP contribution in [0.5, 0.6) is 0 Å². The van der Waals surface area contributed by atoms with Gasteiger partial charge in [0.2, 0.25) is 0 Å². The summed E-state index contributed by atoms with van der Waals surface area (Å²) in [5.41, 5.74) is 1.20. The molecule has 0 fully saturated rings. The van der Waals surface area contributed by atoms with Gasteiger partial charge in [-0.15, -0.1) is 0 Å². The van der Waals surface area contributed by atoms with Gasteiger partial charge in [-0.3, -0.25) is 13.8 Å². The van der Waals surface area contributed by atoms with E-state index in [2.05, 4.69) is 0 Å². The van der Waals surface area contributed by atoms with Gasteiger partial charge in [-0.2, -0.15) is 0 Å². The zero-order valence-electron chi connectivity index (χ0n) is 19.9. The zero-order valence-corrected chi connectivity index (χ0v) is 20.7. The number of carbonyl (C=O) groups excluding carboxylic acids is 2. The molecule has 8 heteroatoms. The molecule has 180 valence electrons. The van der Waals surface area contributed by atoms with Crippen molar-refractivity contribution in [1.29, 1.82) is 0 Å². The average molecular weight is 489 g/mol. The molecular weight excluding hydrogens is 462 g/mol. The molecule has 0 bridgehead atoms. The fourth-order valence-corrected chi connectivity index (χ4v) is 4.05. The Balaban J connectivity index is 2.17. The number of halogens is 2. The van der Waals surface area contributed by atoms with E-state index in [1.807, 2.05) is 0 Å². The predicted octanol–water partition coefficient (Wildman–Crippen LogP) is 5.64. The molecule has 0 aromatic heterocycles. The number of allylic oxidation sites excluding steroid dienone is 2. The van der Waals surface area contributed by atoms with E-state index in [1.54, 1.807) is 64.3 Å². The van der Waals surface area contributed by atoms with Crippen LogP contribution in [-0.2, 0) is 36.5 Å². The summed E-state index contributed by atoms with van der Waals surface area (Å²) in [7, 11) is -1.14. The molecule has 0 heterocycles. The lowest BCUT2D eigenvalue weighted by molar-refractivity contribution is -0.154. The maximum atomic E-state index is 14.9. The molecule has 0 saturated heterocycles. The van der Waals surface area contributed by atoms with Gasteiger partial charge in [-0.1, -0.05) is 12.1 Å². The van der Waals surface area contributed by atoms with Crippen LogP contribution in [0.25, 0.3) is 17.4 Å². The minimum Gasteiger partial charge on any atom is -0.460 e. The predicted molar refractivity (Wildman–Crippen MR) is 127 cm³/mol. The zero-order chi connectivity index (χ0) is 25.4. The second kappa shape index (κ2) is 9.62. The Hall–Kier alpha value is -3.13. The normalized spacial score (nSPS) is 15.4. The Morgan fingerprint density at radius 2 is 1.74 bits per heavy atom. The fourth-order valence-electron chi connectivity index (χ4n) is 3.53. The maximum Gasteiger partial charge on any atom is 0.311 e. The van der Waals surface area contributed by atoms with Crippen LogP contribution >= 0.6 is 0 Å². The van der Waals surface area contributed by atoms with Crippen molar-refractivity contribution >= 4 is 40.1 Å². The summed E-state index contributed by atoms with van der Waals surface area (Å²) in [6.45, 7) is 7.32. The van der Waals surface area contributed by atoms with Gasteiger partial charge in [-0.25, -0.2) is 8.78 Å². The molecule has 1 unspecified atom stereocenters. The van der Waals surface area contributed by atoms with Crippen LogP contribution in [-0.4, -0.2) is 22.4 Å². The van der Waals surface area contributed by atoms with E-state index in [-0.39, 0.29) is 16.9 Å². The average Bonchev–Trinajstić information content (AvgIpc) is 2.98. The Labute approximate surface area is 199 Å². The number of fused-ring (bicyclic) bond motifs is 1. The van der Waals surface area contributed by atoms with Crippen molar-refractivity contribution in [3.8, 4) is 0 Å². The van der Waals surface area contributed by atoms with Gasteiger partial charge in [0, 0.05) is 45.6 Å². The van der Waals surface area contributed by atoms with Gasteiger partial charge < -0.3 is 9.47 Å². The lowest BCUT2D eigenvalue weighted by Crippen LogP contribution is -2.23. The highest BCUT2D eigenvalue weighted by molar-refractivity contribution is 7.84. The van der Waals surface area contributed by atoms with Crippen LogP contribution in [0.2, 0.25) is 0 Å². The van der Waals surface area contributed by atoms with Crippen molar-refractivity contribution in [2.24, 2.45) is 5.41 Å². The molecule has 0 amide bonds. The van der Waals surface area contributed by atoms with Crippen molar-refractivity contribution in [1.82, 2.24) is 0 Å². The van der Waals surface area contributed by atoms with E-state index < -0.39 is 46.4 Å². The van der Waals surface area contributed by atoms with Gasteiger partial charge >= 0.3 is 11.9 Å². The quantitative estimate of drug-likeness (QED) is 0.510. The Bertz CT molecular complexity index is 1250. The van der Waals surface area contributed by atoms with Crippen molar-refractivity contribution in [3.05, 3.63) is 69.8 Å². The third kappa shape index (κ3) is 5.17. The number of esters is 2. The van der Waals surface area contributed by atoms with Crippen molar-refractivity contribution < 1.29 is 32.1 Å². The first-order valence-electron chi connectivity index (χ1n) is 10.5.